The Balaban J connectivity index is 1.81. The minimum absolute atomic E-state index is 0.0528. The second-order valence-electron chi connectivity index (χ2n) is 4.38. The number of carbonyl (C=O) groups is 1. The van der Waals surface area contributed by atoms with Crippen molar-refractivity contribution in [1.82, 2.24) is 15.5 Å². The van der Waals surface area contributed by atoms with Crippen LogP contribution in [0, 0.1) is 5.82 Å². The second-order valence-corrected chi connectivity index (χ2v) is 4.38. The van der Waals surface area contributed by atoms with Crippen molar-refractivity contribution in [3.8, 4) is 0 Å². The van der Waals surface area contributed by atoms with Crippen molar-refractivity contribution in [1.29, 1.82) is 0 Å². The van der Waals surface area contributed by atoms with Crippen molar-refractivity contribution in [2.75, 3.05) is 26.2 Å². The van der Waals surface area contributed by atoms with Crippen LogP contribution in [0.4, 0.5) is 9.18 Å². The van der Waals surface area contributed by atoms with Crippen LogP contribution < -0.4 is 10.6 Å². The lowest BCUT2D eigenvalue weighted by atomic mass is 10.2. The Bertz CT molecular complexity index is 386. The predicted octanol–water partition coefficient (Wildman–Crippen LogP) is 1.33. The Morgan fingerprint density at radius 2 is 2.06 bits per heavy atom. The molecule has 0 bridgehead atoms. The van der Waals surface area contributed by atoms with Gasteiger partial charge in [0.2, 0.25) is 0 Å². The standard InChI is InChI=1S/C13H18FN3O/c14-12-4-2-11(3-5-12)10-16-13(18)17-8-1-6-15-7-9-17/h2-5,15H,1,6-10H2,(H,16,18). The molecule has 1 aliphatic heterocycles. The van der Waals surface area contributed by atoms with Gasteiger partial charge in [-0.3, -0.25) is 0 Å². The molecule has 5 heteroatoms. The van der Waals surface area contributed by atoms with Crippen LogP contribution in [-0.4, -0.2) is 37.1 Å². The number of nitrogens with zero attached hydrogens (tertiary/aromatic N) is 1. The molecule has 1 heterocycles. The van der Waals surface area contributed by atoms with Crippen LogP contribution in [0.15, 0.2) is 24.3 Å². The maximum Gasteiger partial charge on any atom is 0.317 e. The Hall–Kier alpha value is -1.62. The molecular weight excluding hydrogens is 233 g/mol. The number of nitrogens with one attached hydrogen (secondary N) is 2. The fourth-order valence-corrected chi connectivity index (χ4v) is 1.94. The van der Waals surface area contributed by atoms with Gasteiger partial charge in [-0.05, 0) is 30.7 Å². The van der Waals surface area contributed by atoms with Crippen LogP contribution in [0.2, 0.25) is 0 Å². The highest BCUT2D eigenvalue weighted by atomic mass is 19.1. The van der Waals surface area contributed by atoms with E-state index in [1.54, 1.807) is 12.1 Å². The molecule has 1 aliphatic rings. The summed E-state index contributed by atoms with van der Waals surface area (Å²) in [7, 11) is 0. The zero-order valence-electron chi connectivity index (χ0n) is 10.3. The molecule has 0 aliphatic carbocycles. The molecule has 0 aromatic heterocycles. The summed E-state index contributed by atoms with van der Waals surface area (Å²) >= 11 is 0. The summed E-state index contributed by atoms with van der Waals surface area (Å²) in [6, 6.07) is 6.11. The minimum Gasteiger partial charge on any atom is -0.334 e. The molecule has 0 unspecified atom stereocenters. The van der Waals surface area contributed by atoms with Gasteiger partial charge in [0, 0.05) is 26.2 Å². The van der Waals surface area contributed by atoms with Crippen LogP contribution in [0.25, 0.3) is 0 Å². The van der Waals surface area contributed by atoms with Gasteiger partial charge < -0.3 is 15.5 Å². The van der Waals surface area contributed by atoms with Crippen molar-refractivity contribution in [2.45, 2.75) is 13.0 Å². The molecule has 2 N–H and O–H groups in total. The maximum atomic E-state index is 12.7. The van der Waals surface area contributed by atoms with Gasteiger partial charge >= 0.3 is 6.03 Å². The highest BCUT2D eigenvalue weighted by molar-refractivity contribution is 5.74. The number of halogens is 1. The van der Waals surface area contributed by atoms with Gasteiger partial charge in [-0.15, -0.1) is 0 Å². The van der Waals surface area contributed by atoms with Crippen molar-refractivity contribution in [3.63, 3.8) is 0 Å². The van der Waals surface area contributed by atoms with Gasteiger partial charge in [-0.1, -0.05) is 12.1 Å². The third kappa shape index (κ3) is 3.70. The van der Waals surface area contributed by atoms with E-state index in [0.29, 0.717) is 6.54 Å². The molecule has 0 saturated carbocycles. The first kappa shape index (κ1) is 12.8. The topological polar surface area (TPSA) is 44.4 Å². The van der Waals surface area contributed by atoms with Gasteiger partial charge in [0.15, 0.2) is 0 Å². The SMILES string of the molecule is O=C(NCc1ccc(F)cc1)N1CCCNCC1. The molecule has 1 aromatic carbocycles. The highest BCUT2D eigenvalue weighted by Crippen LogP contribution is 2.03. The largest absolute Gasteiger partial charge is 0.334 e. The summed E-state index contributed by atoms with van der Waals surface area (Å²) < 4.78 is 12.7. The lowest BCUT2D eigenvalue weighted by Gasteiger charge is -2.20. The Labute approximate surface area is 106 Å². The van der Waals surface area contributed by atoms with Gasteiger partial charge in [-0.2, -0.15) is 0 Å². The summed E-state index contributed by atoms with van der Waals surface area (Å²) in [5.41, 5.74) is 0.901. The summed E-state index contributed by atoms with van der Waals surface area (Å²) in [5, 5.41) is 6.10. The lowest BCUT2D eigenvalue weighted by molar-refractivity contribution is 0.201. The average molecular weight is 251 g/mol. The number of amides is 2. The number of hydrogen-bond donors (Lipinski definition) is 2. The average Bonchev–Trinajstić information content (AvgIpc) is 2.66. The van der Waals surface area contributed by atoms with Crippen LogP contribution in [0.1, 0.15) is 12.0 Å². The van der Waals surface area contributed by atoms with E-state index in [9.17, 15) is 9.18 Å². The van der Waals surface area contributed by atoms with E-state index in [0.717, 1.165) is 38.2 Å². The Morgan fingerprint density at radius 3 is 2.83 bits per heavy atom. The second kappa shape index (κ2) is 6.35. The van der Waals surface area contributed by atoms with Crippen LogP contribution in [-0.2, 0) is 6.54 Å². The lowest BCUT2D eigenvalue weighted by Crippen LogP contribution is -2.41. The van der Waals surface area contributed by atoms with Gasteiger partial charge in [-0.25, -0.2) is 9.18 Å². The van der Waals surface area contributed by atoms with Crippen LogP contribution >= 0.6 is 0 Å². The quantitative estimate of drug-likeness (QED) is 0.833. The molecule has 18 heavy (non-hydrogen) atoms. The zero-order valence-corrected chi connectivity index (χ0v) is 10.3. The Kier molecular flexibility index (Phi) is 4.52. The number of rotatable bonds is 2. The molecule has 0 radical (unpaired) electrons. The first-order valence-electron chi connectivity index (χ1n) is 6.23. The molecular formula is C13H18FN3O. The first-order valence-corrected chi connectivity index (χ1v) is 6.23. The van der Waals surface area contributed by atoms with Gasteiger partial charge in [0.05, 0.1) is 0 Å². The molecule has 2 rings (SSSR count). The number of benzene rings is 1. The normalized spacial score (nSPS) is 16.2. The van der Waals surface area contributed by atoms with Crippen molar-refractivity contribution < 1.29 is 9.18 Å². The molecule has 1 fully saturated rings. The zero-order chi connectivity index (χ0) is 12.8. The van der Waals surface area contributed by atoms with E-state index in [2.05, 4.69) is 10.6 Å². The molecule has 4 nitrogen and oxygen atoms in total. The molecule has 0 atom stereocenters. The molecule has 98 valence electrons. The van der Waals surface area contributed by atoms with E-state index < -0.39 is 0 Å². The summed E-state index contributed by atoms with van der Waals surface area (Å²) in [4.78, 5) is 13.7. The van der Waals surface area contributed by atoms with E-state index in [1.807, 2.05) is 4.90 Å². The smallest absolute Gasteiger partial charge is 0.317 e. The summed E-state index contributed by atoms with van der Waals surface area (Å²) in [6.07, 6.45) is 0.976. The van der Waals surface area contributed by atoms with Gasteiger partial charge in [0.25, 0.3) is 0 Å². The third-order valence-corrected chi connectivity index (χ3v) is 2.98. The third-order valence-electron chi connectivity index (χ3n) is 2.98. The Morgan fingerprint density at radius 1 is 1.28 bits per heavy atom. The molecule has 0 spiro atoms. The number of urea groups is 1. The molecule has 2 amide bonds. The van der Waals surface area contributed by atoms with E-state index >= 15 is 0 Å². The minimum atomic E-state index is -0.260. The van der Waals surface area contributed by atoms with Crippen molar-refractivity contribution in [2.24, 2.45) is 0 Å². The summed E-state index contributed by atoms with van der Waals surface area (Å²) in [5.74, 6) is -0.260. The maximum absolute atomic E-state index is 12.7. The van der Waals surface area contributed by atoms with E-state index in [1.165, 1.54) is 12.1 Å². The predicted molar refractivity (Wildman–Crippen MR) is 67.7 cm³/mol. The monoisotopic (exact) mass is 251 g/mol. The highest BCUT2D eigenvalue weighted by Gasteiger charge is 2.14. The van der Waals surface area contributed by atoms with E-state index in [4.69, 9.17) is 0 Å². The first-order chi connectivity index (χ1) is 8.75. The number of hydrogen-bond acceptors (Lipinski definition) is 2. The van der Waals surface area contributed by atoms with Crippen molar-refractivity contribution >= 4 is 6.03 Å². The van der Waals surface area contributed by atoms with Crippen LogP contribution in [0.5, 0.6) is 0 Å². The van der Waals surface area contributed by atoms with E-state index in [-0.39, 0.29) is 11.8 Å². The fraction of sp³-hybridized carbons (Fsp3) is 0.462. The molecule has 1 aromatic rings. The van der Waals surface area contributed by atoms with Crippen LogP contribution in [0.3, 0.4) is 0 Å². The fourth-order valence-electron chi connectivity index (χ4n) is 1.94. The van der Waals surface area contributed by atoms with Gasteiger partial charge in [0.1, 0.15) is 5.82 Å². The molecule has 1 saturated heterocycles. The number of carbonyl (C=O) groups excluding carboxylic acids is 1. The van der Waals surface area contributed by atoms with Crippen molar-refractivity contribution in [3.05, 3.63) is 35.6 Å². The summed E-state index contributed by atoms with van der Waals surface area (Å²) in [6.45, 7) is 3.74.